The molecule has 0 aromatic rings. The Kier molecular flexibility index (Phi) is 5.39. The van der Waals surface area contributed by atoms with E-state index in [1.54, 1.807) is 24.3 Å². The zero-order chi connectivity index (χ0) is 6.24. The highest BCUT2D eigenvalue weighted by Gasteiger charge is 1.55. The van der Waals surface area contributed by atoms with Crippen LogP contribution in [0, 0.1) is 0 Å². The van der Waals surface area contributed by atoms with Gasteiger partial charge < -0.3 is 5.73 Å². The Labute approximate surface area is 51.0 Å². The molecule has 1 nitrogen and oxygen atoms in total. The quantitative estimate of drug-likeness (QED) is 0.405. The number of nitrogens with two attached hydrogens (primary N) is 1. The summed E-state index contributed by atoms with van der Waals surface area (Å²) in [6, 6.07) is 0. The van der Waals surface area contributed by atoms with E-state index >= 15 is 0 Å². The van der Waals surface area contributed by atoms with Crippen molar-refractivity contribution in [3.63, 3.8) is 0 Å². The summed E-state index contributed by atoms with van der Waals surface area (Å²) in [6.45, 7) is 0. The second kappa shape index (κ2) is 6.08. The number of rotatable bonds is 2. The molecule has 2 N–H and O–H groups in total. The van der Waals surface area contributed by atoms with Crippen molar-refractivity contribution in [2.45, 2.75) is 0 Å². The molecule has 0 spiro atoms. The summed E-state index contributed by atoms with van der Waals surface area (Å²) in [4.78, 5) is 0. The molecule has 0 aliphatic carbocycles. The van der Waals surface area contributed by atoms with Gasteiger partial charge in [-0.1, -0.05) is 18.2 Å². The smallest absolute Gasteiger partial charge is 0.102 e. The predicted octanol–water partition coefficient (Wildman–Crippen LogP) is 0.697. The van der Waals surface area contributed by atoms with Crippen molar-refractivity contribution < 1.29 is 0 Å². The van der Waals surface area contributed by atoms with Gasteiger partial charge in [-0.15, -0.1) is 5.98 Å². The van der Waals surface area contributed by atoms with Gasteiger partial charge in [0.25, 0.3) is 0 Å². The minimum absolute atomic E-state index is 1.46. The SMILES string of the molecule is [B]/C=C/C=C/C=C/N. The van der Waals surface area contributed by atoms with E-state index in [1.807, 2.05) is 0 Å². The van der Waals surface area contributed by atoms with Gasteiger partial charge >= 0.3 is 0 Å². The average molecular weight is 105 g/mol. The van der Waals surface area contributed by atoms with Crippen LogP contribution in [0.4, 0.5) is 0 Å². The molecule has 0 bridgehead atoms. The molecule has 0 heterocycles. The lowest BCUT2D eigenvalue weighted by atomic mass is 10.1. The summed E-state index contributed by atoms with van der Waals surface area (Å²) in [5, 5.41) is 0. The van der Waals surface area contributed by atoms with Crippen molar-refractivity contribution >= 4 is 7.85 Å². The molecular weight excluding hydrogens is 96.9 g/mol. The highest BCUT2D eigenvalue weighted by molar-refractivity contribution is 6.17. The fourth-order valence-corrected chi connectivity index (χ4v) is 0.257. The maximum atomic E-state index is 5.02. The highest BCUT2D eigenvalue weighted by atomic mass is 14.5. The van der Waals surface area contributed by atoms with E-state index in [9.17, 15) is 0 Å². The van der Waals surface area contributed by atoms with Crippen LogP contribution < -0.4 is 5.73 Å². The standard InChI is InChI=1S/C6H8BN/c7-5-3-1-2-4-6-8/h1-6H,8H2/b2-1+,5-3+,6-4+. The molecule has 0 amide bonds. The summed E-state index contributed by atoms with van der Waals surface area (Å²) < 4.78 is 0. The van der Waals surface area contributed by atoms with E-state index in [1.165, 1.54) is 12.2 Å². The van der Waals surface area contributed by atoms with Crippen molar-refractivity contribution in [1.82, 2.24) is 0 Å². The van der Waals surface area contributed by atoms with Crippen LogP contribution in [0.3, 0.4) is 0 Å². The van der Waals surface area contributed by atoms with Crippen molar-refractivity contribution in [1.29, 1.82) is 0 Å². The van der Waals surface area contributed by atoms with Gasteiger partial charge in [0.05, 0.1) is 0 Å². The molecule has 0 fully saturated rings. The summed E-state index contributed by atoms with van der Waals surface area (Å²) in [6.07, 6.45) is 8.49. The summed E-state index contributed by atoms with van der Waals surface area (Å²) in [7, 11) is 5.02. The third-order valence-electron chi connectivity index (χ3n) is 0.556. The maximum absolute atomic E-state index is 5.02. The zero-order valence-electron chi connectivity index (χ0n) is 4.62. The first-order valence-corrected chi connectivity index (χ1v) is 2.33. The van der Waals surface area contributed by atoms with Crippen LogP contribution in [0.15, 0.2) is 36.5 Å². The normalized spacial score (nSPS) is 12.5. The Bertz CT molecular complexity index is 99.7. The lowest BCUT2D eigenvalue weighted by Gasteiger charge is -1.68. The predicted molar refractivity (Wildman–Crippen MR) is 37.4 cm³/mol. The Balaban J connectivity index is 3.35. The van der Waals surface area contributed by atoms with E-state index in [-0.39, 0.29) is 0 Å². The van der Waals surface area contributed by atoms with Crippen LogP contribution in [-0.4, -0.2) is 7.85 Å². The molecule has 0 saturated heterocycles. The van der Waals surface area contributed by atoms with E-state index in [0.29, 0.717) is 0 Å². The van der Waals surface area contributed by atoms with Gasteiger partial charge in [0.2, 0.25) is 0 Å². The Hall–Kier alpha value is -0.915. The molecule has 0 aliphatic rings. The maximum Gasteiger partial charge on any atom is 0.102 e. The molecule has 0 unspecified atom stereocenters. The lowest BCUT2D eigenvalue weighted by molar-refractivity contribution is 1.60. The molecule has 0 saturated carbocycles. The first-order valence-electron chi connectivity index (χ1n) is 2.33. The van der Waals surface area contributed by atoms with Gasteiger partial charge in [0.1, 0.15) is 7.85 Å². The monoisotopic (exact) mass is 105 g/mol. The van der Waals surface area contributed by atoms with Gasteiger partial charge in [-0.25, -0.2) is 0 Å². The van der Waals surface area contributed by atoms with Crippen LogP contribution in [0.2, 0.25) is 0 Å². The molecule has 2 radical (unpaired) electrons. The topological polar surface area (TPSA) is 26.0 Å². The fourth-order valence-electron chi connectivity index (χ4n) is 0.257. The van der Waals surface area contributed by atoms with E-state index in [0.717, 1.165) is 0 Å². The lowest BCUT2D eigenvalue weighted by Crippen LogP contribution is -1.71. The second-order valence-electron chi connectivity index (χ2n) is 1.15. The van der Waals surface area contributed by atoms with Gasteiger partial charge in [-0.05, 0) is 12.3 Å². The molecule has 0 aromatic carbocycles. The van der Waals surface area contributed by atoms with Gasteiger partial charge in [0, 0.05) is 0 Å². The van der Waals surface area contributed by atoms with Gasteiger partial charge in [-0.3, -0.25) is 0 Å². The average Bonchev–Trinajstić information content (AvgIpc) is 1.81. The molecule has 0 aromatic heterocycles. The largest absolute Gasteiger partial charge is 0.405 e. The number of hydrogen-bond donors (Lipinski definition) is 1. The van der Waals surface area contributed by atoms with Crippen molar-refractivity contribution in [2.75, 3.05) is 0 Å². The molecule has 8 heavy (non-hydrogen) atoms. The molecule has 0 aliphatic heterocycles. The number of hydrogen-bond acceptors (Lipinski definition) is 1. The van der Waals surface area contributed by atoms with Gasteiger partial charge in [-0.2, -0.15) is 0 Å². The van der Waals surface area contributed by atoms with Crippen molar-refractivity contribution in [2.24, 2.45) is 5.73 Å². The Morgan fingerprint density at radius 3 is 2.12 bits per heavy atom. The molecule has 2 heteroatoms. The van der Waals surface area contributed by atoms with Crippen LogP contribution in [0.1, 0.15) is 0 Å². The molecule has 0 rings (SSSR count). The van der Waals surface area contributed by atoms with Crippen LogP contribution in [-0.2, 0) is 0 Å². The Morgan fingerprint density at radius 1 is 1.00 bits per heavy atom. The molecule has 0 atom stereocenters. The Morgan fingerprint density at radius 2 is 1.62 bits per heavy atom. The second-order valence-corrected chi connectivity index (χ2v) is 1.15. The van der Waals surface area contributed by atoms with Crippen LogP contribution in [0.5, 0.6) is 0 Å². The number of allylic oxidation sites excluding steroid dienone is 4. The first kappa shape index (κ1) is 7.08. The van der Waals surface area contributed by atoms with Crippen molar-refractivity contribution in [3.05, 3.63) is 36.5 Å². The van der Waals surface area contributed by atoms with Crippen LogP contribution >= 0.6 is 0 Å². The third-order valence-corrected chi connectivity index (χ3v) is 0.556. The summed E-state index contributed by atoms with van der Waals surface area (Å²) >= 11 is 0. The minimum atomic E-state index is 1.46. The van der Waals surface area contributed by atoms with Gasteiger partial charge in [0.15, 0.2) is 0 Å². The summed E-state index contributed by atoms with van der Waals surface area (Å²) in [5.41, 5.74) is 5.02. The van der Waals surface area contributed by atoms with Crippen molar-refractivity contribution in [3.8, 4) is 0 Å². The third kappa shape index (κ3) is 5.08. The van der Waals surface area contributed by atoms with Crippen LogP contribution in [0.25, 0.3) is 0 Å². The van der Waals surface area contributed by atoms with E-state index in [2.05, 4.69) is 0 Å². The summed E-state index contributed by atoms with van der Waals surface area (Å²) in [5.74, 6) is 1.46. The molecule has 40 valence electrons. The first-order chi connectivity index (χ1) is 3.91. The van der Waals surface area contributed by atoms with E-state index in [4.69, 9.17) is 13.6 Å². The minimum Gasteiger partial charge on any atom is -0.405 e. The fraction of sp³-hybridized carbons (Fsp3) is 0. The zero-order valence-corrected chi connectivity index (χ0v) is 4.62. The van der Waals surface area contributed by atoms with E-state index < -0.39 is 0 Å². The highest BCUT2D eigenvalue weighted by Crippen LogP contribution is 1.74. The molecular formula is C6H8BN.